The standard InChI is InChI=1S/C11H23N2O6P/c1-5-8-18-11(14)12-7-6-10(13(2,3)4)9-19-20(15,16)17/h5,10H,1,6-9H2,2-4H3,(H2-,12,14,15,16,17)/p+1. The third-order valence-electron chi connectivity index (χ3n) is 2.61. The Morgan fingerprint density at radius 3 is 2.50 bits per heavy atom. The van der Waals surface area contributed by atoms with Gasteiger partial charge >= 0.3 is 13.9 Å². The van der Waals surface area contributed by atoms with Crippen LogP contribution in [0.3, 0.4) is 0 Å². The first-order valence-electron chi connectivity index (χ1n) is 6.09. The van der Waals surface area contributed by atoms with Gasteiger partial charge in [0.1, 0.15) is 19.3 Å². The van der Waals surface area contributed by atoms with Crippen molar-refractivity contribution in [2.24, 2.45) is 0 Å². The molecule has 8 nitrogen and oxygen atoms in total. The molecule has 0 bridgehead atoms. The Morgan fingerprint density at radius 1 is 1.45 bits per heavy atom. The molecule has 9 heteroatoms. The van der Waals surface area contributed by atoms with E-state index in [1.165, 1.54) is 6.08 Å². The Morgan fingerprint density at radius 2 is 2.05 bits per heavy atom. The molecule has 118 valence electrons. The highest BCUT2D eigenvalue weighted by molar-refractivity contribution is 7.46. The maximum absolute atomic E-state index is 11.2. The highest BCUT2D eigenvalue weighted by Gasteiger charge is 2.27. The summed E-state index contributed by atoms with van der Waals surface area (Å²) in [6, 6.07) is -0.178. The van der Waals surface area contributed by atoms with E-state index in [0.717, 1.165) is 0 Å². The number of likely N-dealkylation sites (N-methyl/N-ethyl adjacent to an activating group) is 1. The number of alkyl carbamates (subject to hydrolysis) is 1. The van der Waals surface area contributed by atoms with Crippen LogP contribution in [0.4, 0.5) is 4.79 Å². The number of rotatable bonds is 9. The monoisotopic (exact) mass is 311 g/mol. The second kappa shape index (κ2) is 8.39. The van der Waals surface area contributed by atoms with Crippen LogP contribution in [0, 0.1) is 0 Å². The zero-order valence-corrected chi connectivity index (χ0v) is 13.0. The largest absolute Gasteiger partial charge is 0.469 e. The Hall–Kier alpha value is -0.920. The highest BCUT2D eigenvalue weighted by atomic mass is 31.2. The van der Waals surface area contributed by atoms with Crippen LogP contribution >= 0.6 is 7.82 Å². The lowest BCUT2D eigenvalue weighted by atomic mass is 10.2. The molecule has 0 fully saturated rings. The van der Waals surface area contributed by atoms with Crippen molar-refractivity contribution in [3.8, 4) is 0 Å². The van der Waals surface area contributed by atoms with Crippen molar-refractivity contribution in [1.82, 2.24) is 5.32 Å². The first kappa shape index (κ1) is 19.1. The van der Waals surface area contributed by atoms with E-state index in [0.29, 0.717) is 17.4 Å². The molecule has 1 unspecified atom stereocenters. The molecule has 0 aliphatic heterocycles. The molecule has 0 aromatic rings. The van der Waals surface area contributed by atoms with Crippen molar-refractivity contribution < 1.29 is 32.9 Å². The van der Waals surface area contributed by atoms with Crippen LogP contribution in [0.1, 0.15) is 6.42 Å². The summed E-state index contributed by atoms with van der Waals surface area (Å²) in [6.45, 7) is 3.77. The first-order chi connectivity index (χ1) is 9.06. The lowest BCUT2D eigenvalue weighted by molar-refractivity contribution is -0.896. The Bertz CT molecular complexity index is 362. The van der Waals surface area contributed by atoms with E-state index in [2.05, 4.69) is 16.4 Å². The molecule has 0 aliphatic carbocycles. The fourth-order valence-electron chi connectivity index (χ4n) is 1.40. The van der Waals surface area contributed by atoms with E-state index in [1.807, 2.05) is 21.1 Å². The number of carbonyl (C=O) groups is 1. The van der Waals surface area contributed by atoms with Crippen molar-refractivity contribution in [3.05, 3.63) is 12.7 Å². The van der Waals surface area contributed by atoms with E-state index in [-0.39, 0.29) is 19.3 Å². The molecule has 0 aliphatic rings. The average molecular weight is 311 g/mol. The molecule has 0 heterocycles. The number of nitrogens with one attached hydrogen (secondary N) is 1. The number of amides is 1. The van der Waals surface area contributed by atoms with Crippen LogP contribution in [0.25, 0.3) is 0 Å². The number of hydrogen-bond donors (Lipinski definition) is 3. The molecule has 0 aromatic heterocycles. The van der Waals surface area contributed by atoms with Gasteiger partial charge in [-0.3, -0.25) is 4.52 Å². The maximum atomic E-state index is 11.2. The molecule has 0 radical (unpaired) electrons. The van der Waals surface area contributed by atoms with Crippen molar-refractivity contribution in [1.29, 1.82) is 0 Å². The summed E-state index contributed by atoms with van der Waals surface area (Å²) in [5, 5.41) is 2.55. The Balaban J connectivity index is 4.22. The van der Waals surface area contributed by atoms with E-state index in [4.69, 9.17) is 14.5 Å². The van der Waals surface area contributed by atoms with Gasteiger partial charge in [0, 0.05) is 13.0 Å². The lowest BCUT2D eigenvalue weighted by Crippen LogP contribution is -2.49. The molecule has 0 rings (SSSR count). The van der Waals surface area contributed by atoms with Crippen LogP contribution in [-0.4, -0.2) is 67.3 Å². The predicted molar refractivity (Wildman–Crippen MR) is 74.0 cm³/mol. The van der Waals surface area contributed by atoms with Crippen LogP contribution in [0.15, 0.2) is 12.7 Å². The van der Waals surface area contributed by atoms with Gasteiger partial charge in [-0.2, -0.15) is 0 Å². The SMILES string of the molecule is C=CCOC(=O)NCCC(COP(=O)(O)O)[N+](C)(C)C. The number of phosphoric ester groups is 1. The summed E-state index contributed by atoms with van der Waals surface area (Å²) in [7, 11) is 1.15. The van der Waals surface area contributed by atoms with Crippen molar-refractivity contribution >= 4 is 13.9 Å². The summed E-state index contributed by atoms with van der Waals surface area (Å²) in [5.41, 5.74) is 0. The van der Waals surface area contributed by atoms with Crippen LogP contribution in [0.5, 0.6) is 0 Å². The van der Waals surface area contributed by atoms with E-state index < -0.39 is 13.9 Å². The summed E-state index contributed by atoms with van der Waals surface area (Å²) in [5.74, 6) is 0. The van der Waals surface area contributed by atoms with Crippen LogP contribution in [0.2, 0.25) is 0 Å². The molecule has 0 saturated heterocycles. The average Bonchev–Trinajstić information content (AvgIpc) is 2.27. The van der Waals surface area contributed by atoms with Crippen LogP contribution in [-0.2, 0) is 13.8 Å². The minimum Gasteiger partial charge on any atom is -0.445 e. The fraction of sp³-hybridized carbons (Fsp3) is 0.727. The molecular formula is C11H24N2O6P+. The topological polar surface area (TPSA) is 105 Å². The number of quaternary nitrogens is 1. The van der Waals surface area contributed by atoms with Gasteiger partial charge in [0.2, 0.25) is 0 Å². The fourth-order valence-corrected chi connectivity index (χ4v) is 1.77. The number of ether oxygens (including phenoxy) is 1. The summed E-state index contributed by atoms with van der Waals surface area (Å²) < 4.78 is 20.5. The van der Waals surface area contributed by atoms with E-state index >= 15 is 0 Å². The second-order valence-corrected chi connectivity index (χ2v) is 6.40. The summed E-state index contributed by atoms with van der Waals surface area (Å²) in [6.07, 6.45) is 1.40. The van der Waals surface area contributed by atoms with Gasteiger partial charge in [0.15, 0.2) is 0 Å². The molecule has 3 N–H and O–H groups in total. The Labute approximate surface area is 119 Å². The van der Waals surface area contributed by atoms with Gasteiger partial charge < -0.3 is 24.3 Å². The molecular weight excluding hydrogens is 287 g/mol. The van der Waals surface area contributed by atoms with Crippen molar-refractivity contribution in [2.75, 3.05) is 40.9 Å². The maximum Gasteiger partial charge on any atom is 0.469 e. The van der Waals surface area contributed by atoms with Gasteiger partial charge in [0.05, 0.1) is 21.1 Å². The number of hydrogen-bond acceptors (Lipinski definition) is 4. The van der Waals surface area contributed by atoms with Gasteiger partial charge in [-0.1, -0.05) is 12.7 Å². The third-order valence-corrected chi connectivity index (χ3v) is 3.10. The molecule has 20 heavy (non-hydrogen) atoms. The minimum atomic E-state index is -4.49. The zero-order chi connectivity index (χ0) is 15.8. The first-order valence-corrected chi connectivity index (χ1v) is 7.62. The smallest absolute Gasteiger partial charge is 0.445 e. The second-order valence-electron chi connectivity index (χ2n) is 5.16. The van der Waals surface area contributed by atoms with E-state index in [9.17, 15) is 9.36 Å². The molecule has 0 aromatic carbocycles. The number of phosphoric acid groups is 1. The molecule has 1 amide bonds. The zero-order valence-electron chi connectivity index (χ0n) is 12.1. The number of nitrogens with zero attached hydrogens (tertiary/aromatic N) is 1. The molecule has 0 saturated carbocycles. The predicted octanol–water partition coefficient (Wildman–Crippen LogP) is 0.473. The van der Waals surface area contributed by atoms with Crippen molar-refractivity contribution in [3.63, 3.8) is 0 Å². The highest BCUT2D eigenvalue weighted by Crippen LogP contribution is 2.36. The Kier molecular flexibility index (Phi) is 8.00. The molecule has 0 spiro atoms. The van der Waals surface area contributed by atoms with Gasteiger partial charge in [0.25, 0.3) is 0 Å². The molecule has 1 atom stereocenters. The summed E-state index contributed by atoms with van der Waals surface area (Å²) in [4.78, 5) is 28.7. The quantitative estimate of drug-likeness (QED) is 0.325. The van der Waals surface area contributed by atoms with E-state index in [1.54, 1.807) is 0 Å². The van der Waals surface area contributed by atoms with Gasteiger partial charge in [-0.15, -0.1) is 0 Å². The minimum absolute atomic E-state index is 0.100. The van der Waals surface area contributed by atoms with Gasteiger partial charge in [-0.05, 0) is 0 Å². The summed E-state index contributed by atoms with van der Waals surface area (Å²) >= 11 is 0. The van der Waals surface area contributed by atoms with Crippen LogP contribution < -0.4 is 5.32 Å². The number of carbonyl (C=O) groups excluding carboxylic acids is 1. The van der Waals surface area contributed by atoms with Gasteiger partial charge in [-0.25, -0.2) is 9.36 Å². The normalized spacial score (nSPS) is 13.7. The lowest BCUT2D eigenvalue weighted by Gasteiger charge is -2.34. The van der Waals surface area contributed by atoms with Crippen molar-refractivity contribution in [2.45, 2.75) is 12.5 Å². The third kappa shape index (κ3) is 9.94.